The van der Waals surface area contributed by atoms with Crippen LogP contribution in [0.2, 0.25) is 0 Å². The summed E-state index contributed by atoms with van der Waals surface area (Å²) >= 11 is 0. The maximum atomic E-state index is 12.3. The topological polar surface area (TPSA) is 95.2 Å². The van der Waals surface area contributed by atoms with Crippen LogP contribution in [0.25, 0.3) is 11.0 Å². The average molecular weight is 328 g/mol. The first kappa shape index (κ1) is 13.6. The Morgan fingerprint density at radius 1 is 1.33 bits per heavy atom. The number of aliphatic hydroxyl groups is 1. The highest BCUT2D eigenvalue weighted by molar-refractivity contribution is 6.06. The smallest absolute Gasteiger partial charge is 0.347 e. The monoisotopic (exact) mass is 328 g/mol. The van der Waals surface area contributed by atoms with Crippen molar-refractivity contribution in [1.29, 1.82) is 0 Å². The molecule has 2 aromatic rings. The zero-order valence-electron chi connectivity index (χ0n) is 12.6. The lowest BCUT2D eigenvalue weighted by atomic mass is 9.92. The molecule has 1 aliphatic carbocycles. The van der Waals surface area contributed by atoms with Gasteiger partial charge < -0.3 is 23.7 Å². The molecule has 7 nitrogen and oxygen atoms in total. The Hall–Kier alpha value is -2.80. The van der Waals surface area contributed by atoms with Crippen molar-refractivity contribution in [2.24, 2.45) is 0 Å². The highest BCUT2D eigenvalue weighted by atomic mass is 16.7. The maximum absolute atomic E-state index is 12.3. The van der Waals surface area contributed by atoms with Crippen LogP contribution in [0.4, 0.5) is 0 Å². The lowest BCUT2D eigenvalue weighted by Gasteiger charge is -2.19. The standard InChI is InChI=1S/C17H12O7/c1-21-9-6-10-13(17(20)4-5-22-16(17)23-10)14-12(9)7-2-3-8(18)11(7)15(19)24-14/h4-6,16,20H,2-3H2,1H3/t16-,17?/m1/s1. The molecule has 3 aliphatic rings. The van der Waals surface area contributed by atoms with E-state index in [2.05, 4.69) is 0 Å². The van der Waals surface area contributed by atoms with Crippen molar-refractivity contribution in [2.75, 3.05) is 7.11 Å². The summed E-state index contributed by atoms with van der Waals surface area (Å²) in [5, 5.41) is 11.5. The van der Waals surface area contributed by atoms with Crippen LogP contribution < -0.4 is 15.1 Å². The molecule has 0 amide bonds. The number of aryl methyl sites for hydroxylation is 1. The zero-order chi connectivity index (χ0) is 16.6. The van der Waals surface area contributed by atoms with Crippen LogP contribution in [0.5, 0.6) is 11.5 Å². The second-order valence-electron chi connectivity index (χ2n) is 6.04. The van der Waals surface area contributed by atoms with Gasteiger partial charge in [-0.3, -0.25) is 4.79 Å². The number of Topliss-reactive ketones (excluding diaryl/α,β-unsaturated/α-hetero) is 1. The molecule has 1 N–H and O–H groups in total. The van der Waals surface area contributed by atoms with Gasteiger partial charge in [0.15, 0.2) is 17.0 Å². The van der Waals surface area contributed by atoms with Crippen molar-refractivity contribution < 1.29 is 28.5 Å². The first-order valence-corrected chi connectivity index (χ1v) is 7.51. The minimum atomic E-state index is -1.55. The second kappa shape index (κ2) is 4.18. The van der Waals surface area contributed by atoms with Crippen molar-refractivity contribution in [1.82, 2.24) is 0 Å². The lowest BCUT2D eigenvalue weighted by Crippen LogP contribution is -2.33. The Kier molecular flexibility index (Phi) is 2.37. The molecule has 1 aromatic carbocycles. The Balaban J connectivity index is 1.97. The number of ketones is 1. The van der Waals surface area contributed by atoms with E-state index in [1.807, 2.05) is 0 Å². The molecule has 1 aromatic heterocycles. The Labute approximate surface area is 135 Å². The first-order chi connectivity index (χ1) is 11.5. The number of hydrogen-bond donors (Lipinski definition) is 1. The van der Waals surface area contributed by atoms with Gasteiger partial charge in [0.25, 0.3) is 6.29 Å². The van der Waals surface area contributed by atoms with Crippen LogP contribution in [-0.2, 0) is 16.8 Å². The third-order valence-corrected chi connectivity index (χ3v) is 4.83. The van der Waals surface area contributed by atoms with Gasteiger partial charge in [0.05, 0.1) is 24.3 Å². The number of methoxy groups -OCH3 is 1. The third-order valence-electron chi connectivity index (χ3n) is 4.83. The molecule has 0 fully saturated rings. The largest absolute Gasteiger partial charge is 0.496 e. The van der Waals surface area contributed by atoms with Gasteiger partial charge in [-0.2, -0.15) is 0 Å². The molecular weight excluding hydrogens is 316 g/mol. The van der Waals surface area contributed by atoms with Gasteiger partial charge in [-0.15, -0.1) is 0 Å². The maximum Gasteiger partial charge on any atom is 0.347 e. The summed E-state index contributed by atoms with van der Waals surface area (Å²) in [6.45, 7) is 0. The SMILES string of the molecule is COc1cc2c(c3oc(=O)c4c(c13)CCC4=O)C1(O)C=CO[C@@H]1O2. The molecule has 1 unspecified atom stereocenters. The van der Waals surface area contributed by atoms with Gasteiger partial charge in [-0.05, 0) is 18.1 Å². The van der Waals surface area contributed by atoms with E-state index in [4.69, 9.17) is 18.6 Å². The van der Waals surface area contributed by atoms with E-state index in [-0.39, 0.29) is 23.4 Å². The fourth-order valence-electron chi connectivity index (χ4n) is 3.75. The van der Waals surface area contributed by atoms with Crippen LogP contribution in [0.3, 0.4) is 0 Å². The molecule has 0 radical (unpaired) electrons. The lowest BCUT2D eigenvalue weighted by molar-refractivity contribution is -0.109. The molecule has 24 heavy (non-hydrogen) atoms. The van der Waals surface area contributed by atoms with Crippen molar-refractivity contribution in [3.8, 4) is 11.5 Å². The van der Waals surface area contributed by atoms with Gasteiger partial charge in [-0.1, -0.05) is 0 Å². The fraction of sp³-hybridized carbons (Fsp3) is 0.294. The van der Waals surface area contributed by atoms with Gasteiger partial charge in [0.2, 0.25) is 0 Å². The van der Waals surface area contributed by atoms with E-state index in [0.29, 0.717) is 34.4 Å². The van der Waals surface area contributed by atoms with E-state index in [0.717, 1.165) is 0 Å². The molecule has 0 bridgehead atoms. The highest BCUT2D eigenvalue weighted by Crippen LogP contribution is 2.52. The van der Waals surface area contributed by atoms with E-state index in [1.165, 1.54) is 19.4 Å². The number of fused-ring (bicyclic) bond motifs is 7. The molecule has 5 rings (SSSR count). The first-order valence-electron chi connectivity index (χ1n) is 7.51. The van der Waals surface area contributed by atoms with Gasteiger partial charge in [0.1, 0.15) is 17.1 Å². The van der Waals surface area contributed by atoms with Crippen molar-refractivity contribution >= 4 is 16.8 Å². The molecule has 0 saturated heterocycles. The highest BCUT2D eigenvalue weighted by Gasteiger charge is 2.53. The fourth-order valence-corrected chi connectivity index (χ4v) is 3.75. The Bertz CT molecular complexity index is 1020. The van der Waals surface area contributed by atoms with Crippen LogP contribution in [-0.4, -0.2) is 24.3 Å². The number of ether oxygens (including phenoxy) is 3. The molecular formula is C17H12O7. The summed E-state index contributed by atoms with van der Waals surface area (Å²) in [6.07, 6.45) is 2.54. The Morgan fingerprint density at radius 2 is 2.17 bits per heavy atom. The Morgan fingerprint density at radius 3 is 2.96 bits per heavy atom. The zero-order valence-corrected chi connectivity index (χ0v) is 12.6. The molecule has 2 atom stereocenters. The molecule has 122 valence electrons. The summed E-state index contributed by atoms with van der Waals surface area (Å²) in [4.78, 5) is 24.3. The minimum Gasteiger partial charge on any atom is -0.496 e. The van der Waals surface area contributed by atoms with E-state index >= 15 is 0 Å². The van der Waals surface area contributed by atoms with Gasteiger partial charge in [0, 0.05) is 12.5 Å². The number of rotatable bonds is 1. The summed E-state index contributed by atoms with van der Waals surface area (Å²) in [5.74, 6) is 0.509. The molecule has 2 aliphatic heterocycles. The molecule has 3 heterocycles. The molecule has 0 saturated carbocycles. The number of carbonyl (C=O) groups excluding carboxylic acids is 1. The number of benzene rings is 1. The predicted octanol–water partition coefficient (Wildman–Crippen LogP) is 1.38. The van der Waals surface area contributed by atoms with Crippen molar-refractivity contribution in [3.05, 3.63) is 45.5 Å². The normalized spacial score (nSPS) is 26.1. The summed E-state index contributed by atoms with van der Waals surface area (Å²) in [7, 11) is 1.48. The predicted molar refractivity (Wildman–Crippen MR) is 80.2 cm³/mol. The van der Waals surface area contributed by atoms with Crippen molar-refractivity contribution in [3.63, 3.8) is 0 Å². The van der Waals surface area contributed by atoms with Crippen LogP contribution in [0.1, 0.15) is 27.9 Å². The van der Waals surface area contributed by atoms with Crippen LogP contribution >= 0.6 is 0 Å². The minimum absolute atomic E-state index is 0.0708. The van der Waals surface area contributed by atoms with Gasteiger partial charge in [-0.25, -0.2) is 4.79 Å². The van der Waals surface area contributed by atoms with E-state index in [9.17, 15) is 14.7 Å². The number of hydrogen-bond acceptors (Lipinski definition) is 7. The number of carbonyl (C=O) groups is 1. The molecule has 0 spiro atoms. The van der Waals surface area contributed by atoms with Crippen molar-refractivity contribution in [2.45, 2.75) is 24.7 Å². The summed E-state index contributed by atoms with van der Waals surface area (Å²) in [6, 6.07) is 1.62. The quantitative estimate of drug-likeness (QED) is 0.790. The summed E-state index contributed by atoms with van der Waals surface area (Å²) in [5.41, 5.74) is -1.10. The molecule has 7 heteroatoms. The average Bonchev–Trinajstić information content (AvgIpc) is 3.17. The van der Waals surface area contributed by atoms with E-state index < -0.39 is 17.5 Å². The van der Waals surface area contributed by atoms with Crippen LogP contribution in [0, 0.1) is 0 Å². The second-order valence-corrected chi connectivity index (χ2v) is 6.04. The third kappa shape index (κ3) is 1.41. The van der Waals surface area contributed by atoms with Gasteiger partial charge >= 0.3 is 5.63 Å². The summed E-state index contributed by atoms with van der Waals surface area (Å²) < 4.78 is 21.7. The van der Waals surface area contributed by atoms with E-state index in [1.54, 1.807) is 6.07 Å². The van der Waals surface area contributed by atoms with Crippen LogP contribution in [0.15, 0.2) is 27.6 Å².